The minimum atomic E-state index is -0.387. The molecule has 8 nitrogen and oxygen atoms in total. The topological polar surface area (TPSA) is 108 Å². The second-order valence-electron chi connectivity index (χ2n) is 6.21. The lowest BCUT2D eigenvalue weighted by molar-refractivity contribution is 0.102. The molecule has 0 spiro atoms. The average Bonchev–Trinajstić information content (AvgIpc) is 3.29. The number of amides is 1. The molecule has 3 heterocycles. The molecule has 0 radical (unpaired) electrons. The number of nitrogens with zero attached hydrogens (tertiary/aromatic N) is 3. The lowest BCUT2D eigenvalue weighted by Gasteiger charge is -2.05. The Hall–Kier alpha value is -3.37. The van der Waals surface area contributed by atoms with Crippen LogP contribution in [0.3, 0.4) is 0 Å². The molecule has 0 fully saturated rings. The van der Waals surface area contributed by atoms with E-state index in [4.69, 9.17) is 12.2 Å². The van der Waals surface area contributed by atoms with Gasteiger partial charge in [-0.25, -0.2) is 4.98 Å². The van der Waals surface area contributed by atoms with Gasteiger partial charge in [0.2, 0.25) is 5.56 Å². The van der Waals surface area contributed by atoms with E-state index in [1.54, 1.807) is 24.3 Å². The molecule has 0 saturated heterocycles. The Morgan fingerprint density at radius 2 is 2.21 bits per heavy atom. The summed E-state index contributed by atoms with van der Waals surface area (Å²) in [5.74, 6) is 0.348. The van der Waals surface area contributed by atoms with Gasteiger partial charge in [0, 0.05) is 28.9 Å². The lowest BCUT2D eigenvalue weighted by atomic mass is 10.1. The molecule has 0 aliphatic heterocycles. The zero-order valence-corrected chi connectivity index (χ0v) is 16.8. The summed E-state index contributed by atoms with van der Waals surface area (Å²) in [5, 5.41) is 12.7. The number of anilines is 1. The van der Waals surface area contributed by atoms with Crippen LogP contribution in [0.1, 0.15) is 21.9 Å². The van der Waals surface area contributed by atoms with Crippen LogP contribution in [0.4, 0.5) is 5.13 Å². The highest BCUT2D eigenvalue weighted by molar-refractivity contribution is 7.71. The van der Waals surface area contributed by atoms with Gasteiger partial charge in [-0.1, -0.05) is 24.3 Å². The number of pyridine rings is 1. The summed E-state index contributed by atoms with van der Waals surface area (Å²) in [7, 11) is 0. The van der Waals surface area contributed by atoms with Crippen molar-refractivity contribution in [2.45, 2.75) is 13.0 Å². The Labute approximate surface area is 174 Å². The van der Waals surface area contributed by atoms with Gasteiger partial charge in [0.15, 0.2) is 9.90 Å². The standard InChI is InChI=1S/C19H16N6O2S2/c1-2-7-25-15(23-24-19(25)28)8-11-10-29-18(20-11)22-17(27)13-9-16(26)21-14-6-4-3-5-12(13)14/h2-6,9-10H,1,7-8H2,(H,21,26)(H,24,28)(H,20,22,27). The van der Waals surface area contributed by atoms with Gasteiger partial charge in [-0.15, -0.1) is 17.9 Å². The first-order chi connectivity index (χ1) is 14.0. The van der Waals surface area contributed by atoms with Crippen LogP contribution in [0.2, 0.25) is 0 Å². The fraction of sp³-hybridized carbons (Fsp3) is 0.105. The maximum Gasteiger partial charge on any atom is 0.258 e. The first kappa shape index (κ1) is 19.0. The van der Waals surface area contributed by atoms with Crippen molar-refractivity contribution in [3.8, 4) is 0 Å². The second kappa shape index (κ2) is 7.94. The summed E-state index contributed by atoms with van der Waals surface area (Å²) in [4.78, 5) is 31.8. The smallest absolute Gasteiger partial charge is 0.258 e. The van der Waals surface area contributed by atoms with Gasteiger partial charge >= 0.3 is 0 Å². The lowest BCUT2D eigenvalue weighted by Crippen LogP contribution is -2.16. The first-order valence-electron chi connectivity index (χ1n) is 8.68. The van der Waals surface area contributed by atoms with Crippen LogP contribution in [0.5, 0.6) is 0 Å². The summed E-state index contributed by atoms with van der Waals surface area (Å²) < 4.78 is 2.35. The second-order valence-corrected chi connectivity index (χ2v) is 7.46. The third kappa shape index (κ3) is 3.93. The zero-order chi connectivity index (χ0) is 20.4. The van der Waals surface area contributed by atoms with E-state index in [1.165, 1.54) is 17.4 Å². The number of rotatable bonds is 6. The minimum Gasteiger partial charge on any atom is -0.322 e. The Morgan fingerprint density at radius 1 is 1.38 bits per heavy atom. The number of aromatic nitrogens is 5. The summed E-state index contributed by atoms with van der Waals surface area (Å²) in [6.45, 7) is 4.27. The number of hydrogen-bond donors (Lipinski definition) is 3. The van der Waals surface area contributed by atoms with E-state index in [2.05, 4.69) is 32.1 Å². The van der Waals surface area contributed by atoms with Gasteiger partial charge in [0.05, 0.1) is 17.7 Å². The number of carbonyl (C=O) groups excluding carboxylic acids is 1. The van der Waals surface area contributed by atoms with Gasteiger partial charge < -0.3 is 4.98 Å². The van der Waals surface area contributed by atoms with Crippen molar-refractivity contribution in [2.24, 2.45) is 0 Å². The number of thiazole rings is 1. The third-order valence-electron chi connectivity index (χ3n) is 4.26. The molecular formula is C19H16N6O2S2. The molecule has 10 heteroatoms. The van der Waals surface area contributed by atoms with Gasteiger partial charge in [0.25, 0.3) is 5.91 Å². The van der Waals surface area contributed by atoms with Crippen LogP contribution in [-0.2, 0) is 13.0 Å². The van der Waals surface area contributed by atoms with Crippen molar-refractivity contribution in [3.05, 3.63) is 80.6 Å². The van der Waals surface area contributed by atoms with Crippen molar-refractivity contribution < 1.29 is 4.79 Å². The van der Waals surface area contributed by atoms with E-state index in [-0.39, 0.29) is 11.5 Å². The molecular weight excluding hydrogens is 408 g/mol. The highest BCUT2D eigenvalue weighted by Gasteiger charge is 2.15. The van der Waals surface area contributed by atoms with Crippen molar-refractivity contribution in [1.29, 1.82) is 0 Å². The highest BCUT2D eigenvalue weighted by Crippen LogP contribution is 2.20. The maximum absolute atomic E-state index is 12.7. The predicted molar refractivity (Wildman–Crippen MR) is 115 cm³/mol. The molecule has 29 heavy (non-hydrogen) atoms. The average molecular weight is 425 g/mol. The summed E-state index contributed by atoms with van der Waals surface area (Å²) in [6, 6.07) is 8.45. The number of aromatic amines is 2. The van der Waals surface area contributed by atoms with E-state index in [0.29, 0.717) is 39.3 Å². The molecule has 3 N–H and O–H groups in total. The van der Waals surface area contributed by atoms with Gasteiger partial charge in [0.1, 0.15) is 5.82 Å². The van der Waals surface area contributed by atoms with E-state index in [1.807, 2.05) is 16.0 Å². The van der Waals surface area contributed by atoms with Gasteiger partial charge in [-0.05, 0) is 18.3 Å². The van der Waals surface area contributed by atoms with Crippen LogP contribution in [0.25, 0.3) is 10.9 Å². The normalized spacial score (nSPS) is 10.9. The third-order valence-corrected chi connectivity index (χ3v) is 5.37. The number of H-pyrrole nitrogens is 2. The molecule has 0 unspecified atom stereocenters. The monoisotopic (exact) mass is 424 g/mol. The SMILES string of the molecule is C=CCn1c(Cc2csc(NC(=O)c3cc(=O)[nH]c4ccccc34)n2)n[nH]c1=S. The number of benzene rings is 1. The molecule has 4 rings (SSSR count). The number of hydrogen-bond acceptors (Lipinski definition) is 6. The zero-order valence-electron chi connectivity index (χ0n) is 15.1. The molecule has 4 aromatic rings. The van der Waals surface area contributed by atoms with Crippen molar-refractivity contribution >= 4 is 45.5 Å². The molecule has 3 aromatic heterocycles. The number of carbonyl (C=O) groups is 1. The van der Waals surface area contributed by atoms with E-state index in [0.717, 1.165) is 11.5 Å². The predicted octanol–water partition coefficient (Wildman–Crippen LogP) is 3.27. The van der Waals surface area contributed by atoms with Crippen molar-refractivity contribution in [1.82, 2.24) is 24.7 Å². The molecule has 0 aliphatic carbocycles. The number of allylic oxidation sites excluding steroid dienone is 1. The number of nitrogens with one attached hydrogen (secondary N) is 3. The van der Waals surface area contributed by atoms with Gasteiger partial charge in [-0.3, -0.25) is 24.6 Å². The quantitative estimate of drug-likeness (QED) is 0.325. The molecule has 1 amide bonds. The Kier molecular flexibility index (Phi) is 5.19. The van der Waals surface area contributed by atoms with Crippen LogP contribution in [0.15, 0.2) is 53.2 Å². The van der Waals surface area contributed by atoms with Gasteiger partial charge in [-0.2, -0.15) is 5.10 Å². The highest BCUT2D eigenvalue weighted by atomic mass is 32.1. The van der Waals surface area contributed by atoms with Crippen LogP contribution in [0, 0.1) is 4.77 Å². The van der Waals surface area contributed by atoms with E-state index in [9.17, 15) is 9.59 Å². The van der Waals surface area contributed by atoms with Crippen LogP contribution in [-0.4, -0.2) is 30.6 Å². The Balaban J connectivity index is 1.56. The van der Waals surface area contributed by atoms with Crippen molar-refractivity contribution in [2.75, 3.05) is 5.32 Å². The van der Waals surface area contributed by atoms with E-state index < -0.39 is 0 Å². The van der Waals surface area contributed by atoms with Crippen LogP contribution >= 0.6 is 23.6 Å². The number of fused-ring (bicyclic) bond motifs is 1. The first-order valence-corrected chi connectivity index (χ1v) is 9.96. The Morgan fingerprint density at radius 3 is 3.03 bits per heavy atom. The summed E-state index contributed by atoms with van der Waals surface area (Å²) >= 11 is 6.52. The largest absolute Gasteiger partial charge is 0.322 e. The Bertz CT molecular complexity index is 1330. The summed E-state index contributed by atoms with van der Waals surface area (Å²) in [6.07, 6.45) is 2.20. The molecule has 0 saturated carbocycles. The number of para-hydroxylation sites is 1. The fourth-order valence-electron chi connectivity index (χ4n) is 2.97. The molecule has 0 bridgehead atoms. The van der Waals surface area contributed by atoms with E-state index >= 15 is 0 Å². The maximum atomic E-state index is 12.7. The van der Waals surface area contributed by atoms with Crippen LogP contribution < -0.4 is 10.9 Å². The molecule has 1 aromatic carbocycles. The fourth-order valence-corrected chi connectivity index (χ4v) is 3.90. The molecule has 0 atom stereocenters. The summed E-state index contributed by atoms with van der Waals surface area (Å²) in [5.41, 5.74) is 1.32. The van der Waals surface area contributed by atoms with Crippen molar-refractivity contribution in [3.63, 3.8) is 0 Å². The molecule has 0 aliphatic rings. The minimum absolute atomic E-state index is 0.299. The molecule has 146 valence electrons.